The van der Waals surface area contributed by atoms with Crippen LogP contribution in [0.1, 0.15) is 30.6 Å². The van der Waals surface area contributed by atoms with Crippen LogP contribution < -0.4 is 0 Å². The molecule has 0 radical (unpaired) electrons. The average Bonchev–Trinajstić information content (AvgIpc) is 2.56. The Morgan fingerprint density at radius 3 is 1.95 bits per heavy atom. The Morgan fingerprint density at radius 2 is 1.45 bits per heavy atom. The summed E-state index contributed by atoms with van der Waals surface area (Å²) in [7, 11) is -3.37. The van der Waals surface area contributed by atoms with Crippen LogP contribution in [0.25, 0.3) is 11.1 Å². The van der Waals surface area contributed by atoms with Gasteiger partial charge in [0.15, 0.2) is 15.6 Å². The Balaban J connectivity index is 2.29. The van der Waals surface area contributed by atoms with Gasteiger partial charge in [-0.1, -0.05) is 68.4 Å². The second-order valence-corrected chi connectivity index (χ2v) is 7.63. The number of hydrogen-bond donors (Lipinski definition) is 0. The van der Waals surface area contributed by atoms with Crippen LogP contribution in [0, 0.1) is 0 Å². The third-order valence-electron chi connectivity index (χ3n) is 3.78. The second-order valence-electron chi connectivity index (χ2n) is 5.16. The van der Waals surface area contributed by atoms with E-state index in [1.165, 1.54) is 0 Å². The largest absolute Gasteiger partial charge is 0.293 e. The van der Waals surface area contributed by atoms with E-state index in [-0.39, 0.29) is 11.5 Å². The lowest BCUT2D eigenvalue weighted by Gasteiger charge is -2.14. The molecule has 2 aromatic rings. The van der Waals surface area contributed by atoms with E-state index in [0.29, 0.717) is 12.0 Å². The SMILES string of the molecule is CC[C@@H](C(=O)c1ccc(-c2ccccc2)cc1)S(=O)(=O)CC. The molecule has 1 atom stereocenters. The van der Waals surface area contributed by atoms with Gasteiger partial charge in [0.1, 0.15) is 5.25 Å². The van der Waals surface area contributed by atoms with E-state index in [2.05, 4.69) is 0 Å². The first-order valence-electron chi connectivity index (χ1n) is 7.41. The lowest BCUT2D eigenvalue weighted by molar-refractivity contribution is 0.0985. The summed E-state index contributed by atoms with van der Waals surface area (Å²) in [5.41, 5.74) is 2.52. The third-order valence-corrected chi connectivity index (χ3v) is 5.99. The van der Waals surface area contributed by atoms with E-state index in [4.69, 9.17) is 0 Å². The van der Waals surface area contributed by atoms with Gasteiger partial charge in [0.25, 0.3) is 0 Å². The highest BCUT2D eigenvalue weighted by molar-refractivity contribution is 7.92. The van der Waals surface area contributed by atoms with Crippen molar-refractivity contribution in [2.75, 3.05) is 5.75 Å². The molecule has 0 aromatic heterocycles. The Labute approximate surface area is 131 Å². The maximum absolute atomic E-state index is 12.5. The zero-order valence-corrected chi connectivity index (χ0v) is 13.6. The highest BCUT2D eigenvalue weighted by Crippen LogP contribution is 2.21. The normalized spacial score (nSPS) is 12.8. The van der Waals surface area contributed by atoms with Crippen LogP contribution in [0.15, 0.2) is 54.6 Å². The van der Waals surface area contributed by atoms with Gasteiger partial charge in [-0.3, -0.25) is 4.79 Å². The molecule has 0 heterocycles. The first kappa shape index (κ1) is 16.4. The number of benzene rings is 2. The molecule has 0 spiro atoms. The highest BCUT2D eigenvalue weighted by atomic mass is 32.2. The Kier molecular flexibility index (Phi) is 5.14. The summed E-state index contributed by atoms with van der Waals surface area (Å²) in [5.74, 6) is -0.330. The smallest absolute Gasteiger partial charge is 0.180 e. The number of hydrogen-bond acceptors (Lipinski definition) is 3. The molecule has 0 aliphatic carbocycles. The van der Waals surface area contributed by atoms with Crippen LogP contribution in [-0.2, 0) is 9.84 Å². The fraction of sp³-hybridized carbons (Fsp3) is 0.278. The highest BCUT2D eigenvalue weighted by Gasteiger charge is 2.29. The van der Waals surface area contributed by atoms with Gasteiger partial charge in [-0.25, -0.2) is 8.42 Å². The van der Waals surface area contributed by atoms with Crippen LogP contribution in [0.5, 0.6) is 0 Å². The van der Waals surface area contributed by atoms with Crippen molar-refractivity contribution in [2.45, 2.75) is 25.5 Å². The van der Waals surface area contributed by atoms with Crippen molar-refractivity contribution in [1.82, 2.24) is 0 Å². The van der Waals surface area contributed by atoms with Crippen molar-refractivity contribution >= 4 is 15.6 Å². The van der Waals surface area contributed by atoms with E-state index in [1.54, 1.807) is 26.0 Å². The number of Topliss-reactive ketones (excluding diaryl/α,β-unsaturated/α-hetero) is 1. The first-order chi connectivity index (χ1) is 10.5. The predicted octanol–water partition coefficient (Wildman–Crippen LogP) is 3.75. The maximum Gasteiger partial charge on any atom is 0.180 e. The van der Waals surface area contributed by atoms with Crippen LogP contribution >= 0.6 is 0 Å². The van der Waals surface area contributed by atoms with Crippen LogP contribution in [0.2, 0.25) is 0 Å². The van der Waals surface area contributed by atoms with Gasteiger partial charge in [-0.15, -0.1) is 0 Å². The molecule has 22 heavy (non-hydrogen) atoms. The summed E-state index contributed by atoms with van der Waals surface area (Å²) in [6.07, 6.45) is 0.301. The monoisotopic (exact) mass is 316 g/mol. The van der Waals surface area contributed by atoms with Crippen molar-refractivity contribution in [3.63, 3.8) is 0 Å². The molecule has 0 amide bonds. The zero-order chi connectivity index (χ0) is 16.2. The molecular formula is C18H20O3S. The van der Waals surface area contributed by atoms with E-state index < -0.39 is 15.1 Å². The molecule has 2 rings (SSSR count). The van der Waals surface area contributed by atoms with E-state index in [9.17, 15) is 13.2 Å². The number of carbonyl (C=O) groups is 1. The van der Waals surface area contributed by atoms with E-state index >= 15 is 0 Å². The fourth-order valence-electron chi connectivity index (χ4n) is 2.45. The number of rotatable bonds is 6. The summed E-state index contributed by atoms with van der Waals surface area (Å²) in [4.78, 5) is 12.5. The topological polar surface area (TPSA) is 51.2 Å². The number of ketones is 1. The van der Waals surface area contributed by atoms with Crippen LogP contribution in [0.3, 0.4) is 0 Å². The molecule has 0 aliphatic heterocycles. The Hall–Kier alpha value is -1.94. The first-order valence-corrected chi connectivity index (χ1v) is 9.12. The number of carbonyl (C=O) groups excluding carboxylic acids is 1. The molecule has 0 unspecified atom stereocenters. The van der Waals surface area contributed by atoms with Gasteiger partial charge in [-0.2, -0.15) is 0 Å². The molecule has 2 aromatic carbocycles. The summed E-state index contributed by atoms with van der Waals surface area (Å²) >= 11 is 0. The summed E-state index contributed by atoms with van der Waals surface area (Å²) in [6, 6.07) is 17.0. The Morgan fingerprint density at radius 1 is 0.909 bits per heavy atom. The minimum atomic E-state index is -3.37. The number of sulfone groups is 1. The van der Waals surface area contributed by atoms with Gasteiger partial charge in [-0.05, 0) is 17.5 Å². The average molecular weight is 316 g/mol. The molecule has 3 nitrogen and oxygen atoms in total. The van der Waals surface area contributed by atoms with Gasteiger partial charge in [0.05, 0.1) is 0 Å². The van der Waals surface area contributed by atoms with Crippen molar-refractivity contribution in [3.8, 4) is 11.1 Å². The molecule has 0 saturated carbocycles. The second kappa shape index (κ2) is 6.88. The lowest BCUT2D eigenvalue weighted by Crippen LogP contribution is -2.31. The van der Waals surface area contributed by atoms with Crippen molar-refractivity contribution < 1.29 is 13.2 Å². The van der Waals surface area contributed by atoms with Gasteiger partial charge >= 0.3 is 0 Å². The quantitative estimate of drug-likeness (QED) is 0.763. The summed E-state index contributed by atoms with van der Waals surface area (Å²) in [6.45, 7) is 3.30. The minimum Gasteiger partial charge on any atom is -0.293 e. The predicted molar refractivity (Wildman–Crippen MR) is 89.7 cm³/mol. The van der Waals surface area contributed by atoms with Gasteiger partial charge in [0, 0.05) is 11.3 Å². The van der Waals surface area contributed by atoms with Crippen molar-refractivity contribution in [1.29, 1.82) is 0 Å². The fourth-order valence-corrected chi connectivity index (χ4v) is 3.82. The third kappa shape index (κ3) is 3.45. The molecule has 0 aliphatic rings. The molecule has 0 bridgehead atoms. The standard InChI is InChI=1S/C18H20O3S/c1-3-17(22(20,21)4-2)18(19)16-12-10-15(11-13-16)14-8-6-5-7-9-14/h5-13,17H,3-4H2,1-2H3/t17-/m0/s1. The molecular weight excluding hydrogens is 296 g/mol. The van der Waals surface area contributed by atoms with E-state index in [0.717, 1.165) is 11.1 Å². The van der Waals surface area contributed by atoms with Crippen LogP contribution in [-0.4, -0.2) is 25.2 Å². The van der Waals surface area contributed by atoms with E-state index in [1.807, 2.05) is 42.5 Å². The molecule has 0 saturated heterocycles. The molecule has 4 heteroatoms. The maximum atomic E-state index is 12.5. The van der Waals surface area contributed by atoms with Gasteiger partial charge < -0.3 is 0 Å². The van der Waals surface area contributed by atoms with Crippen LogP contribution in [0.4, 0.5) is 0 Å². The van der Waals surface area contributed by atoms with Gasteiger partial charge in [0.2, 0.25) is 0 Å². The minimum absolute atomic E-state index is 0.0145. The lowest BCUT2D eigenvalue weighted by atomic mass is 10.0. The van der Waals surface area contributed by atoms with Crippen molar-refractivity contribution in [3.05, 3.63) is 60.2 Å². The molecule has 0 fully saturated rings. The zero-order valence-electron chi connectivity index (χ0n) is 12.8. The summed E-state index contributed by atoms with van der Waals surface area (Å²) < 4.78 is 24.0. The molecule has 116 valence electrons. The summed E-state index contributed by atoms with van der Waals surface area (Å²) in [5, 5.41) is -0.944. The molecule has 0 N–H and O–H groups in total. The Bertz CT molecular complexity index is 732. The van der Waals surface area contributed by atoms with Crippen molar-refractivity contribution in [2.24, 2.45) is 0 Å².